The molecule has 4 aromatic rings. The number of unbranched alkanes of at least 4 members (excludes halogenated alkanes) is 8. The second kappa shape index (κ2) is 11.4. The van der Waals surface area contributed by atoms with E-state index in [0.29, 0.717) is 11.1 Å². The first kappa shape index (κ1) is 22.7. The maximum Gasteiger partial charge on any atom is 0.134 e. The molecule has 2 aromatic carbocycles. The van der Waals surface area contributed by atoms with E-state index < -0.39 is 0 Å². The number of fused-ring (bicyclic) bond motifs is 2. The smallest absolute Gasteiger partial charge is 0.134 e. The molecule has 2 heterocycles. The fraction of sp³-hybridized carbons (Fsp3) is 0.379. The second-order valence-corrected chi connectivity index (χ2v) is 8.84. The molecule has 0 aliphatic heterocycles. The van der Waals surface area contributed by atoms with E-state index in [1.54, 1.807) is 12.1 Å². The summed E-state index contributed by atoms with van der Waals surface area (Å²) in [4.78, 5) is 0. The molecular formula is C29H30N2O2. The highest BCUT2D eigenvalue weighted by Gasteiger charge is 2.06. The monoisotopic (exact) mass is 438 g/mol. The summed E-state index contributed by atoms with van der Waals surface area (Å²) in [6.07, 6.45) is 13.2. The van der Waals surface area contributed by atoms with Crippen molar-refractivity contribution in [2.45, 2.75) is 70.6 Å². The SMILES string of the molecule is N#Cc1ccc2oc(CCCCCCCCCCCc3cc4cc(C#N)ccc4o3)cc2c1. The van der Waals surface area contributed by atoms with Crippen LogP contribution < -0.4 is 0 Å². The van der Waals surface area contributed by atoms with Gasteiger partial charge in [-0.1, -0.05) is 44.9 Å². The van der Waals surface area contributed by atoms with E-state index in [9.17, 15) is 0 Å². The molecule has 4 heteroatoms. The normalized spacial score (nSPS) is 11.1. The summed E-state index contributed by atoms with van der Waals surface area (Å²) in [7, 11) is 0. The van der Waals surface area contributed by atoms with Crippen LogP contribution in [0.25, 0.3) is 21.9 Å². The summed E-state index contributed by atoms with van der Waals surface area (Å²) in [5.41, 5.74) is 3.11. The van der Waals surface area contributed by atoms with Crippen molar-refractivity contribution in [1.29, 1.82) is 10.5 Å². The van der Waals surface area contributed by atoms with Gasteiger partial charge in [-0.3, -0.25) is 0 Å². The van der Waals surface area contributed by atoms with E-state index in [2.05, 4.69) is 24.3 Å². The van der Waals surface area contributed by atoms with Gasteiger partial charge >= 0.3 is 0 Å². The van der Waals surface area contributed by atoms with Crippen molar-refractivity contribution >= 4 is 21.9 Å². The number of hydrogen-bond donors (Lipinski definition) is 0. The average molecular weight is 439 g/mol. The van der Waals surface area contributed by atoms with Crippen molar-refractivity contribution in [3.8, 4) is 12.1 Å². The lowest BCUT2D eigenvalue weighted by molar-refractivity contribution is 0.508. The van der Waals surface area contributed by atoms with Gasteiger partial charge in [-0.15, -0.1) is 0 Å². The minimum atomic E-state index is 0.680. The third-order valence-electron chi connectivity index (χ3n) is 6.24. The quantitative estimate of drug-likeness (QED) is 0.209. The van der Waals surface area contributed by atoms with Crippen molar-refractivity contribution in [1.82, 2.24) is 0 Å². The van der Waals surface area contributed by atoms with E-state index in [1.807, 2.05) is 24.3 Å². The van der Waals surface area contributed by atoms with Crippen molar-refractivity contribution in [3.05, 3.63) is 71.2 Å². The fourth-order valence-electron chi connectivity index (χ4n) is 4.42. The third kappa shape index (κ3) is 6.27. The van der Waals surface area contributed by atoms with Crippen LogP contribution in [0, 0.1) is 22.7 Å². The second-order valence-electron chi connectivity index (χ2n) is 8.84. The van der Waals surface area contributed by atoms with Crippen LogP contribution in [0.1, 0.15) is 80.4 Å². The molecule has 4 nitrogen and oxygen atoms in total. The van der Waals surface area contributed by atoms with Crippen LogP contribution >= 0.6 is 0 Å². The van der Waals surface area contributed by atoms with Gasteiger partial charge in [0.2, 0.25) is 0 Å². The summed E-state index contributed by atoms with van der Waals surface area (Å²) in [6.45, 7) is 0. The maximum absolute atomic E-state index is 9.00. The lowest BCUT2D eigenvalue weighted by atomic mass is 10.0. The molecule has 2 aromatic heterocycles. The summed E-state index contributed by atoms with van der Waals surface area (Å²) < 4.78 is 11.8. The number of furan rings is 2. The highest BCUT2D eigenvalue weighted by Crippen LogP contribution is 2.23. The summed E-state index contributed by atoms with van der Waals surface area (Å²) in [5.74, 6) is 2.05. The van der Waals surface area contributed by atoms with Gasteiger partial charge < -0.3 is 8.83 Å². The van der Waals surface area contributed by atoms with Crippen LogP contribution in [-0.4, -0.2) is 0 Å². The minimum absolute atomic E-state index is 0.680. The molecule has 168 valence electrons. The zero-order valence-corrected chi connectivity index (χ0v) is 19.1. The number of benzene rings is 2. The van der Waals surface area contributed by atoms with Crippen LogP contribution in [0.5, 0.6) is 0 Å². The van der Waals surface area contributed by atoms with E-state index in [1.165, 1.54) is 44.9 Å². The zero-order valence-electron chi connectivity index (χ0n) is 19.1. The number of rotatable bonds is 12. The lowest BCUT2D eigenvalue weighted by Crippen LogP contribution is -1.86. The van der Waals surface area contributed by atoms with Gasteiger partial charge in [0.05, 0.1) is 23.3 Å². The van der Waals surface area contributed by atoms with Crippen LogP contribution in [0.3, 0.4) is 0 Å². The Labute approximate surface area is 195 Å². The molecule has 0 saturated heterocycles. The predicted octanol–water partition coefficient (Wildman–Crippen LogP) is 8.22. The van der Waals surface area contributed by atoms with Gasteiger partial charge in [-0.05, 0) is 61.4 Å². The predicted molar refractivity (Wildman–Crippen MR) is 131 cm³/mol. The van der Waals surface area contributed by atoms with Crippen LogP contribution in [0.15, 0.2) is 57.4 Å². The van der Waals surface area contributed by atoms with Crippen molar-refractivity contribution in [2.24, 2.45) is 0 Å². The van der Waals surface area contributed by atoms with E-state index in [-0.39, 0.29) is 0 Å². The van der Waals surface area contributed by atoms with E-state index >= 15 is 0 Å². The Balaban J connectivity index is 1.03. The van der Waals surface area contributed by atoms with Crippen LogP contribution in [0.2, 0.25) is 0 Å². The number of hydrogen-bond acceptors (Lipinski definition) is 4. The van der Waals surface area contributed by atoms with Crippen molar-refractivity contribution in [2.75, 3.05) is 0 Å². The van der Waals surface area contributed by atoms with Gasteiger partial charge in [0.15, 0.2) is 0 Å². The standard InChI is InChI=1S/C29H30N2O2/c30-20-22-12-14-28-24(16-22)18-26(32-28)10-8-6-4-2-1-3-5-7-9-11-27-19-25-17-23(21-31)13-15-29(25)33-27/h12-19H,1-11H2. The van der Waals surface area contributed by atoms with Gasteiger partial charge in [-0.2, -0.15) is 10.5 Å². The first-order valence-corrected chi connectivity index (χ1v) is 12.1. The number of nitriles is 2. The molecule has 0 bridgehead atoms. The Morgan fingerprint density at radius 2 is 0.909 bits per heavy atom. The molecular weight excluding hydrogens is 408 g/mol. The summed E-state index contributed by atoms with van der Waals surface area (Å²) >= 11 is 0. The number of nitrogens with zero attached hydrogens (tertiary/aromatic N) is 2. The Morgan fingerprint density at radius 3 is 1.30 bits per heavy atom. The van der Waals surface area contributed by atoms with Crippen LogP contribution in [-0.2, 0) is 12.8 Å². The molecule has 0 amide bonds. The molecule has 33 heavy (non-hydrogen) atoms. The first-order valence-electron chi connectivity index (χ1n) is 12.1. The molecule has 0 fully saturated rings. The first-order chi connectivity index (χ1) is 16.2. The van der Waals surface area contributed by atoms with Gasteiger partial charge in [0.25, 0.3) is 0 Å². The van der Waals surface area contributed by atoms with Crippen molar-refractivity contribution < 1.29 is 8.83 Å². The molecule has 0 aliphatic carbocycles. The Morgan fingerprint density at radius 1 is 0.515 bits per heavy atom. The highest BCUT2D eigenvalue weighted by molar-refractivity contribution is 5.80. The largest absolute Gasteiger partial charge is 0.461 e. The fourth-order valence-corrected chi connectivity index (χ4v) is 4.42. The molecule has 0 unspecified atom stereocenters. The highest BCUT2D eigenvalue weighted by atomic mass is 16.3. The van der Waals surface area contributed by atoms with Gasteiger partial charge in [-0.25, -0.2) is 0 Å². The van der Waals surface area contributed by atoms with Crippen LogP contribution in [0.4, 0.5) is 0 Å². The molecule has 0 spiro atoms. The molecule has 0 N–H and O–H groups in total. The third-order valence-corrected chi connectivity index (χ3v) is 6.24. The van der Waals surface area contributed by atoms with Gasteiger partial charge in [0.1, 0.15) is 22.7 Å². The number of aryl methyl sites for hydroxylation is 2. The Kier molecular flexibility index (Phi) is 7.83. The molecule has 0 radical (unpaired) electrons. The Bertz CT molecular complexity index is 1180. The van der Waals surface area contributed by atoms with E-state index in [4.69, 9.17) is 19.4 Å². The lowest BCUT2D eigenvalue weighted by Gasteiger charge is -2.02. The Hall–Kier alpha value is -3.50. The average Bonchev–Trinajstić information content (AvgIpc) is 3.44. The van der Waals surface area contributed by atoms with Gasteiger partial charge in [0, 0.05) is 23.6 Å². The topological polar surface area (TPSA) is 73.9 Å². The zero-order chi connectivity index (χ0) is 22.9. The molecule has 0 aliphatic rings. The van der Waals surface area contributed by atoms with Crippen molar-refractivity contribution in [3.63, 3.8) is 0 Å². The molecule has 4 rings (SSSR count). The maximum atomic E-state index is 9.00. The summed E-state index contributed by atoms with van der Waals surface area (Å²) in [5, 5.41) is 20.1. The molecule has 0 saturated carbocycles. The minimum Gasteiger partial charge on any atom is -0.461 e. The summed E-state index contributed by atoms with van der Waals surface area (Å²) in [6, 6.07) is 19.7. The molecule has 0 atom stereocenters. The van der Waals surface area contributed by atoms with E-state index in [0.717, 1.165) is 59.1 Å².